The number of nitriles is 1. The highest BCUT2D eigenvalue weighted by Gasteiger charge is 2.48. The molecule has 1 unspecified atom stereocenters. The molecule has 8 heteroatoms. The fourth-order valence-corrected chi connectivity index (χ4v) is 4.14. The van der Waals surface area contributed by atoms with E-state index in [9.17, 15) is 23.2 Å². The SMILES string of the molecule is CC1(C)CC2(C=C(C#N)C1=O)CCN(Cc1nccnc1C(F)(F)F)C2. The van der Waals surface area contributed by atoms with Gasteiger partial charge in [0.05, 0.1) is 11.3 Å². The number of likely N-dealkylation sites (tertiary alicyclic amines) is 1. The van der Waals surface area contributed by atoms with Crippen molar-refractivity contribution in [3.05, 3.63) is 35.4 Å². The highest BCUT2D eigenvalue weighted by atomic mass is 19.4. The number of ketones is 1. The first-order valence-corrected chi connectivity index (χ1v) is 8.34. The maximum Gasteiger partial charge on any atom is 0.435 e. The maximum absolute atomic E-state index is 13.1. The van der Waals surface area contributed by atoms with E-state index in [1.165, 1.54) is 6.20 Å². The van der Waals surface area contributed by atoms with Crippen LogP contribution in [0.2, 0.25) is 0 Å². The van der Waals surface area contributed by atoms with Crippen molar-refractivity contribution in [3.8, 4) is 6.07 Å². The summed E-state index contributed by atoms with van der Waals surface area (Å²) in [4.78, 5) is 21.5. The number of allylic oxidation sites excluding steroid dienone is 1. The molecule has 0 saturated carbocycles. The van der Waals surface area contributed by atoms with Crippen molar-refractivity contribution >= 4 is 5.78 Å². The number of nitrogens with zero attached hydrogens (tertiary/aromatic N) is 4. The molecule has 0 bridgehead atoms. The van der Waals surface area contributed by atoms with Crippen LogP contribution in [0.4, 0.5) is 13.2 Å². The Hall–Kier alpha value is -2.27. The van der Waals surface area contributed by atoms with Crippen molar-refractivity contribution < 1.29 is 18.0 Å². The summed E-state index contributed by atoms with van der Waals surface area (Å²) in [6, 6.07) is 1.98. The number of hydrogen-bond acceptors (Lipinski definition) is 5. The van der Waals surface area contributed by atoms with E-state index in [0.29, 0.717) is 25.9 Å². The lowest BCUT2D eigenvalue weighted by atomic mass is 9.64. The van der Waals surface area contributed by atoms with Gasteiger partial charge in [0.1, 0.15) is 6.07 Å². The second-order valence-electron chi connectivity index (χ2n) is 7.73. The normalized spacial score (nSPS) is 26.0. The maximum atomic E-state index is 13.1. The third kappa shape index (κ3) is 3.36. The fourth-order valence-electron chi connectivity index (χ4n) is 4.14. The van der Waals surface area contributed by atoms with E-state index in [1.54, 1.807) is 6.08 Å². The number of Topliss-reactive ketones (excluding diaryl/α,β-unsaturated/α-hetero) is 1. The molecule has 1 aliphatic heterocycles. The van der Waals surface area contributed by atoms with Gasteiger partial charge in [-0.05, 0) is 19.4 Å². The molecular formula is C18H19F3N4O. The van der Waals surface area contributed by atoms with Crippen molar-refractivity contribution in [2.75, 3.05) is 13.1 Å². The molecule has 0 radical (unpaired) electrons. The van der Waals surface area contributed by atoms with Gasteiger partial charge >= 0.3 is 6.18 Å². The molecule has 1 fully saturated rings. The van der Waals surface area contributed by atoms with Crippen LogP contribution in [0.3, 0.4) is 0 Å². The number of hydrogen-bond donors (Lipinski definition) is 0. The smallest absolute Gasteiger partial charge is 0.297 e. The molecule has 1 atom stereocenters. The van der Waals surface area contributed by atoms with Crippen molar-refractivity contribution in [2.45, 2.75) is 39.4 Å². The monoisotopic (exact) mass is 364 g/mol. The van der Waals surface area contributed by atoms with Crippen LogP contribution in [0.1, 0.15) is 38.1 Å². The summed E-state index contributed by atoms with van der Waals surface area (Å²) in [6.07, 6.45) is 0.737. The van der Waals surface area contributed by atoms with Gasteiger partial charge in [0, 0.05) is 36.3 Å². The molecule has 2 heterocycles. The van der Waals surface area contributed by atoms with Crippen LogP contribution in [0.5, 0.6) is 0 Å². The van der Waals surface area contributed by atoms with E-state index in [-0.39, 0.29) is 29.0 Å². The van der Waals surface area contributed by atoms with E-state index in [4.69, 9.17) is 0 Å². The van der Waals surface area contributed by atoms with Crippen LogP contribution in [0.15, 0.2) is 24.0 Å². The van der Waals surface area contributed by atoms with Crippen LogP contribution in [0.25, 0.3) is 0 Å². The van der Waals surface area contributed by atoms with Crippen LogP contribution in [-0.4, -0.2) is 33.7 Å². The molecule has 2 aliphatic rings. The minimum atomic E-state index is -4.55. The fraction of sp³-hybridized carbons (Fsp3) is 0.556. The summed E-state index contributed by atoms with van der Waals surface area (Å²) in [5, 5.41) is 9.27. The average molecular weight is 364 g/mol. The molecule has 0 amide bonds. The van der Waals surface area contributed by atoms with Gasteiger partial charge in [-0.25, -0.2) is 4.98 Å². The number of aromatic nitrogens is 2. The van der Waals surface area contributed by atoms with Gasteiger partial charge in [-0.3, -0.25) is 14.7 Å². The van der Waals surface area contributed by atoms with E-state index in [2.05, 4.69) is 9.97 Å². The van der Waals surface area contributed by atoms with Crippen LogP contribution in [-0.2, 0) is 17.5 Å². The summed E-state index contributed by atoms with van der Waals surface area (Å²) in [5.74, 6) is -0.169. The molecule has 5 nitrogen and oxygen atoms in total. The number of halogens is 3. The van der Waals surface area contributed by atoms with Gasteiger partial charge in [-0.2, -0.15) is 18.4 Å². The summed E-state index contributed by atoms with van der Waals surface area (Å²) < 4.78 is 39.3. The Morgan fingerprint density at radius 2 is 2.00 bits per heavy atom. The molecule has 0 N–H and O–H groups in total. The first kappa shape index (κ1) is 18.5. The predicted molar refractivity (Wildman–Crippen MR) is 86.5 cm³/mol. The Labute approximate surface area is 149 Å². The number of rotatable bonds is 2. The zero-order chi connectivity index (χ0) is 19.2. The van der Waals surface area contributed by atoms with Crippen LogP contribution < -0.4 is 0 Å². The minimum Gasteiger partial charge on any atom is -0.297 e. The Morgan fingerprint density at radius 3 is 2.65 bits per heavy atom. The molecule has 1 aromatic heterocycles. The van der Waals surface area contributed by atoms with E-state index in [1.807, 2.05) is 24.8 Å². The summed E-state index contributed by atoms with van der Waals surface area (Å²) in [7, 11) is 0. The predicted octanol–water partition coefficient (Wildman–Crippen LogP) is 3.14. The largest absolute Gasteiger partial charge is 0.435 e. The van der Waals surface area contributed by atoms with E-state index in [0.717, 1.165) is 6.20 Å². The summed E-state index contributed by atoms with van der Waals surface area (Å²) in [6.45, 7) is 4.73. The topological polar surface area (TPSA) is 69.9 Å². The quantitative estimate of drug-likeness (QED) is 0.806. The highest BCUT2D eigenvalue weighted by Crippen LogP contribution is 2.48. The Bertz CT molecular complexity index is 809. The molecule has 1 aliphatic carbocycles. The van der Waals surface area contributed by atoms with E-state index >= 15 is 0 Å². The van der Waals surface area contributed by atoms with E-state index < -0.39 is 17.3 Å². The second kappa shape index (κ2) is 6.16. The van der Waals surface area contributed by atoms with Crippen molar-refractivity contribution in [3.63, 3.8) is 0 Å². The standard InChI is InChI=1S/C18H19F3N4O/c1-16(2)10-17(7-12(8-22)15(16)26)3-6-25(11-17)9-13-14(18(19,20)21)24-5-4-23-13/h4-5,7H,3,6,9-11H2,1-2H3. The van der Waals surface area contributed by atoms with Crippen molar-refractivity contribution in [2.24, 2.45) is 10.8 Å². The van der Waals surface area contributed by atoms with Gasteiger partial charge in [0.25, 0.3) is 0 Å². The first-order valence-electron chi connectivity index (χ1n) is 8.34. The molecule has 1 aromatic rings. The molecular weight excluding hydrogens is 345 g/mol. The van der Waals surface area contributed by atoms with Gasteiger partial charge in [0.2, 0.25) is 0 Å². The molecule has 138 valence electrons. The van der Waals surface area contributed by atoms with Crippen molar-refractivity contribution in [1.29, 1.82) is 5.26 Å². The zero-order valence-corrected chi connectivity index (χ0v) is 14.6. The van der Waals surface area contributed by atoms with Gasteiger partial charge in [-0.1, -0.05) is 19.9 Å². The lowest BCUT2D eigenvalue weighted by molar-refractivity contribution is -0.142. The first-order chi connectivity index (χ1) is 12.1. The lowest BCUT2D eigenvalue weighted by Gasteiger charge is -2.38. The number of alkyl halides is 3. The van der Waals surface area contributed by atoms with Gasteiger partial charge < -0.3 is 0 Å². The van der Waals surface area contributed by atoms with Gasteiger partial charge in [0.15, 0.2) is 11.5 Å². The van der Waals surface area contributed by atoms with Gasteiger partial charge in [-0.15, -0.1) is 0 Å². The third-order valence-electron chi connectivity index (χ3n) is 5.10. The molecule has 0 aromatic carbocycles. The summed E-state index contributed by atoms with van der Waals surface area (Å²) in [5.41, 5.74) is -1.94. The zero-order valence-electron chi connectivity index (χ0n) is 14.6. The molecule has 26 heavy (non-hydrogen) atoms. The third-order valence-corrected chi connectivity index (χ3v) is 5.10. The highest BCUT2D eigenvalue weighted by molar-refractivity contribution is 6.03. The molecule has 1 saturated heterocycles. The Balaban J connectivity index is 1.83. The molecule has 1 spiro atoms. The van der Waals surface area contributed by atoms with Crippen molar-refractivity contribution in [1.82, 2.24) is 14.9 Å². The minimum absolute atomic E-state index is 0.0362. The lowest BCUT2D eigenvalue weighted by Crippen LogP contribution is -2.40. The Kier molecular flexibility index (Phi) is 4.39. The van der Waals surface area contributed by atoms with Crippen LogP contribution in [0, 0.1) is 22.2 Å². The average Bonchev–Trinajstić information content (AvgIpc) is 2.92. The Morgan fingerprint density at radius 1 is 1.31 bits per heavy atom. The summed E-state index contributed by atoms with van der Waals surface area (Å²) >= 11 is 0. The number of carbonyl (C=O) groups excluding carboxylic acids is 1. The van der Waals surface area contributed by atoms with Crippen LogP contribution >= 0.6 is 0 Å². The second-order valence-corrected chi connectivity index (χ2v) is 7.73. The number of carbonyl (C=O) groups is 1. The molecule has 3 rings (SSSR count).